The molecule has 0 radical (unpaired) electrons. The maximum absolute atomic E-state index is 15.1. The summed E-state index contributed by atoms with van der Waals surface area (Å²) >= 11 is 0. The Morgan fingerprint density at radius 3 is 2.03 bits per heavy atom. The molecule has 4 aromatic rings. The van der Waals surface area contributed by atoms with Crippen LogP contribution in [0.5, 0.6) is 0 Å². The van der Waals surface area contributed by atoms with E-state index in [0.717, 1.165) is 17.2 Å². The Kier molecular flexibility index (Phi) is 7.67. The highest BCUT2D eigenvalue weighted by Gasteiger charge is 2.35. The fraction of sp³-hybridized carbons (Fsp3) is 0.448. The van der Waals surface area contributed by atoms with E-state index in [9.17, 15) is 8.96 Å². The number of fused-ring (bicyclic) bond motifs is 3. The molecule has 2 aromatic carbocycles. The number of halogens is 2. The van der Waals surface area contributed by atoms with Crippen molar-refractivity contribution in [2.45, 2.75) is 72.4 Å². The number of rotatable bonds is 7. The van der Waals surface area contributed by atoms with Gasteiger partial charge in [0.05, 0.1) is 28.3 Å². The molecule has 0 amide bonds. The third-order valence-electron chi connectivity index (χ3n) is 5.80. The van der Waals surface area contributed by atoms with Crippen LogP contribution in [0.2, 0.25) is 0 Å². The standard InChI is InChI=1S/C29H37F2N4O3P/c1-18-32-25-24-22(31)14-21(30)15-23(24)35(26(25)27(33-18)34(8)9)16-19-10-12-20(13-11-19)17-39(36,37-28(2,3)4)38-29(5,6)7/h10-15H,16-17H2,1-9H3. The van der Waals surface area contributed by atoms with Crippen molar-refractivity contribution >= 4 is 35.3 Å². The summed E-state index contributed by atoms with van der Waals surface area (Å²) in [5, 5.41) is 0.260. The molecule has 0 spiro atoms. The minimum atomic E-state index is -3.47. The lowest BCUT2D eigenvalue weighted by Crippen LogP contribution is -2.24. The number of hydrogen-bond donors (Lipinski definition) is 0. The maximum atomic E-state index is 15.1. The molecule has 0 bridgehead atoms. The van der Waals surface area contributed by atoms with E-state index in [4.69, 9.17) is 9.05 Å². The van der Waals surface area contributed by atoms with Crippen LogP contribution < -0.4 is 4.90 Å². The van der Waals surface area contributed by atoms with Crippen molar-refractivity contribution in [3.05, 3.63) is 65.0 Å². The van der Waals surface area contributed by atoms with Gasteiger partial charge in [-0.15, -0.1) is 0 Å². The highest BCUT2D eigenvalue weighted by molar-refractivity contribution is 7.53. The molecule has 0 unspecified atom stereocenters. The maximum Gasteiger partial charge on any atom is 0.336 e. The first-order valence-corrected chi connectivity index (χ1v) is 14.6. The highest BCUT2D eigenvalue weighted by Crippen LogP contribution is 2.56. The van der Waals surface area contributed by atoms with Crippen molar-refractivity contribution in [1.29, 1.82) is 0 Å². The first-order chi connectivity index (χ1) is 17.9. The number of anilines is 1. The van der Waals surface area contributed by atoms with Crippen molar-refractivity contribution < 1.29 is 22.4 Å². The Labute approximate surface area is 228 Å². The molecule has 210 valence electrons. The summed E-state index contributed by atoms with van der Waals surface area (Å²) in [4.78, 5) is 11.0. The van der Waals surface area contributed by atoms with E-state index in [1.807, 2.05) is 89.4 Å². The van der Waals surface area contributed by atoms with E-state index < -0.39 is 30.4 Å². The molecule has 0 saturated heterocycles. The Balaban J connectivity index is 1.76. The summed E-state index contributed by atoms with van der Waals surface area (Å²) in [6.45, 7) is 13.2. The number of hydrogen-bond acceptors (Lipinski definition) is 6. The van der Waals surface area contributed by atoms with E-state index >= 15 is 4.39 Å². The predicted molar refractivity (Wildman–Crippen MR) is 153 cm³/mol. The van der Waals surface area contributed by atoms with Gasteiger partial charge >= 0.3 is 7.60 Å². The molecule has 2 aromatic heterocycles. The second-order valence-corrected chi connectivity index (χ2v) is 13.9. The zero-order valence-electron chi connectivity index (χ0n) is 24.1. The molecule has 0 saturated carbocycles. The molecule has 0 fully saturated rings. The zero-order chi connectivity index (χ0) is 28.9. The van der Waals surface area contributed by atoms with Gasteiger partial charge in [-0.1, -0.05) is 24.3 Å². The Hall–Kier alpha value is -2.87. The molecule has 2 heterocycles. The number of nitrogens with zero attached hydrogens (tertiary/aromatic N) is 4. The largest absolute Gasteiger partial charge is 0.361 e. The summed E-state index contributed by atoms with van der Waals surface area (Å²) in [5.41, 5.74) is 1.85. The fourth-order valence-electron chi connectivity index (χ4n) is 4.65. The van der Waals surface area contributed by atoms with Gasteiger partial charge in [0, 0.05) is 26.7 Å². The van der Waals surface area contributed by atoms with Gasteiger partial charge in [-0.25, -0.2) is 18.7 Å². The van der Waals surface area contributed by atoms with Gasteiger partial charge in [0.2, 0.25) is 0 Å². The van der Waals surface area contributed by atoms with E-state index in [-0.39, 0.29) is 11.5 Å². The van der Waals surface area contributed by atoms with Crippen LogP contribution in [0.3, 0.4) is 0 Å². The van der Waals surface area contributed by atoms with E-state index in [0.29, 0.717) is 34.7 Å². The summed E-state index contributed by atoms with van der Waals surface area (Å²) < 4.78 is 56.8. The highest BCUT2D eigenvalue weighted by atomic mass is 31.2. The predicted octanol–water partition coefficient (Wildman–Crippen LogP) is 7.61. The van der Waals surface area contributed by atoms with Crippen LogP contribution in [0.4, 0.5) is 14.6 Å². The molecule has 0 aliphatic heterocycles. The first kappa shape index (κ1) is 29.1. The second kappa shape index (κ2) is 10.3. The first-order valence-electron chi connectivity index (χ1n) is 12.9. The summed E-state index contributed by atoms with van der Waals surface area (Å²) in [5.74, 6) is -0.216. The van der Waals surface area contributed by atoms with E-state index in [1.54, 1.807) is 6.92 Å². The lowest BCUT2D eigenvalue weighted by molar-refractivity contribution is 0.0485. The van der Waals surface area contributed by atoms with Crippen LogP contribution in [-0.4, -0.2) is 39.8 Å². The van der Waals surface area contributed by atoms with Crippen LogP contribution >= 0.6 is 7.60 Å². The summed E-state index contributed by atoms with van der Waals surface area (Å²) in [6.07, 6.45) is 0.117. The Morgan fingerprint density at radius 2 is 1.49 bits per heavy atom. The molecule has 0 N–H and O–H groups in total. The zero-order valence-corrected chi connectivity index (χ0v) is 25.0. The van der Waals surface area contributed by atoms with Gasteiger partial charge in [0.1, 0.15) is 28.5 Å². The Morgan fingerprint density at radius 1 is 0.923 bits per heavy atom. The second-order valence-electron chi connectivity index (χ2n) is 12.0. The summed E-state index contributed by atoms with van der Waals surface area (Å²) in [7, 11) is 0.242. The number of benzene rings is 2. The van der Waals surface area contributed by atoms with Gasteiger partial charge in [-0.05, 0) is 65.7 Å². The quantitative estimate of drug-likeness (QED) is 0.218. The molecular formula is C29H37F2N4O3P. The van der Waals surface area contributed by atoms with Crippen LogP contribution in [0.15, 0.2) is 36.4 Å². The third-order valence-corrected chi connectivity index (χ3v) is 8.20. The lowest BCUT2D eigenvalue weighted by atomic mass is 10.1. The van der Waals surface area contributed by atoms with Gasteiger partial charge in [-0.3, -0.25) is 4.57 Å². The third kappa shape index (κ3) is 6.65. The van der Waals surface area contributed by atoms with Crippen LogP contribution in [0.25, 0.3) is 21.9 Å². The van der Waals surface area contributed by atoms with Crippen molar-refractivity contribution in [2.24, 2.45) is 0 Å². The molecule has 7 nitrogen and oxygen atoms in total. The van der Waals surface area contributed by atoms with Gasteiger partial charge in [0.25, 0.3) is 0 Å². The SMILES string of the molecule is Cc1nc(N(C)C)c2c(n1)c1c(F)cc(F)cc1n2Cc1ccc(CP(=O)(OC(C)(C)C)OC(C)(C)C)cc1. The van der Waals surface area contributed by atoms with E-state index in [2.05, 4.69) is 9.97 Å². The van der Waals surface area contributed by atoms with Gasteiger partial charge in [0.15, 0.2) is 5.82 Å². The smallest absolute Gasteiger partial charge is 0.336 e. The van der Waals surface area contributed by atoms with Crippen LogP contribution in [0, 0.1) is 18.6 Å². The number of aryl methyl sites for hydroxylation is 1. The molecule has 39 heavy (non-hydrogen) atoms. The monoisotopic (exact) mass is 558 g/mol. The molecular weight excluding hydrogens is 521 g/mol. The average molecular weight is 559 g/mol. The van der Waals surface area contributed by atoms with Crippen LogP contribution in [0.1, 0.15) is 58.5 Å². The number of aromatic nitrogens is 3. The Bertz CT molecular complexity index is 1550. The van der Waals surface area contributed by atoms with Crippen molar-refractivity contribution in [3.63, 3.8) is 0 Å². The molecule has 0 atom stereocenters. The van der Waals surface area contributed by atoms with Crippen molar-refractivity contribution in [2.75, 3.05) is 19.0 Å². The lowest BCUT2D eigenvalue weighted by Gasteiger charge is -2.32. The molecule has 10 heteroatoms. The fourth-order valence-corrected chi connectivity index (χ4v) is 7.15. The average Bonchev–Trinajstić information content (AvgIpc) is 3.04. The minimum Gasteiger partial charge on any atom is -0.361 e. The van der Waals surface area contributed by atoms with E-state index in [1.165, 1.54) is 6.07 Å². The molecule has 4 rings (SSSR count). The topological polar surface area (TPSA) is 69.5 Å². The minimum absolute atomic E-state index is 0.117. The normalized spacial score (nSPS) is 13.0. The molecule has 0 aliphatic carbocycles. The van der Waals surface area contributed by atoms with Crippen LogP contribution in [-0.2, 0) is 26.3 Å². The molecule has 0 aliphatic rings. The van der Waals surface area contributed by atoms with Crippen molar-refractivity contribution in [1.82, 2.24) is 14.5 Å². The van der Waals surface area contributed by atoms with Gasteiger partial charge in [-0.2, -0.15) is 0 Å². The van der Waals surface area contributed by atoms with Crippen molar-refractivity contribution in [3.8, 4) is 0 Å². The van der Waals surface area contributed by atoms with Gasteiger partial charge < -0.3 is 18.5 Å². The summed E-state index contributed by atoms with van der Waals surface area (Å²) in [6, 6.07) is 9.78.